The maximum Gasteiger partial charge on any atom is 0.297 e. The van der Waals surface area contributed by atoms with E-state index in [1.807, 2.05) is 31.0 Å². The largest absolute Gasteiger partial charge is 0.297 e. The molecular formula is C120H120N15+5. The van der Waals surface area contributed by atoms with Gasteiger partial charge in [0.1, 0.15) is 27.6 Å². The molecule has 670 valence electrons. The highest BCUT2D eigenvalue weighted by atomic mass is 15.2. The fourth-order valence-electron chi connectivity index (χ4n) is 22.7. The lowest BCUT2D eigenvalue weighted by atomic mass is 9.98. The Morgan fingerprint density at radius 1 is 0.237 bits per heavy atom. The zero-order valence-corrected chi connectivity index (χ0v) is 81.9. The first-order chi connectivity index (χ1) is 65.8. The van der Waals surface area contributed by atoms with Crippen LogP contribution in [0, 0.1) is 34.6 Å². The molecule has 15 aromatic heterocycles. The molecule has 0 amide bonds. The van der Waals surface area contributed by atoms with Gasteiger partial charge in [-0.25, -0.2) is 22.8 Å². The van der Waals surface area contributed by atoms with Crippen molar-refractivity contribution < 1.29 is 22.5 Å². The average molecular weight is 1770 g/mol. The summed E-state index contributed by atoms with van der Waals surface area (Å²) in [6, 6.07) is 77.8. The fraction of sp³-hybridized carbons (Fsp3) is 0.250. The lowest BCUT2D eigenvalue weighted by molar-refractivity contribution is -0.617. The highest BCUT2D eigenvalue weighted by Crippen LogP contribution is 2.41. The minimum Gasteiger partial charge on any atom is -0.255 e. The Morgan fingerprint density at radius 3 is 1.23 bits per heavy atom. The van der Waals surface area contributed by atoms with Crippen molar-refractivity contribution in [2.75, 3.05) is 0 Å². The summed E-state index contributed by atoms with van der Waals surface area (Å²) in [5, 5.41) is 12.4. The summed E-state index contributed by atoms with van der Waals surface area (Å²) in [4.78, 5) is 24.0. The van der Waals surface area contributed by atoms with Gasteiger partial charge in [-0.3, -0.25) is 24.9 Å². The minimum atomic E-state index is 1.00. The number of nitrogens with zero attached hydrogens (tertiary/aromatic N) is 15. The van der Waals surface area contributed by atoms with Crippen LogP contribution in [0.5, 0.6) is 0 Å². The maximum absolute atomic E-state index is 4.86. The fourth-order valence-corrected chi connectivity index (χ4v) is 22.7. The summed E-state index contributed by atoms with van der Waals surface area (Å²) in [7, 11) is 10.9. The lowest BCUT2D eigenvalue weighted by Crippen LogP contribution is -2.27. The van der Waals surface area contributed by atoms with E-state index >= 15 is 0 Å². The number of imidazole rings is 5. The maximum atomic E-state index is 4.86. The summed E-state index contributed by atoms with van der Waals surface area (Å²) in [5.74, 6) is 0. The van der Waals surface area contributed by atoms with Crippen LogP contribution in [0.4, 0.5) is 0 Å². The molecule has 0 saturated heterocycles. The standard InChI is InChI=1S/5C24H24N3/c1-5-16-10-11-18-20(14-16)27-23-17(6-2)8-7-9-19(23)26(4)24(27)21-15(3)12-13-25-22(18)21;1-5-16-10-11-19-20(14-16)26(4)24-21-15(3)12-13-25-22(21)18-9-7-8-17(6-2)23(18)27(19)24;1-5-16-13-20-21(14-17(16)6-2)27-19-10-8-7-9-18(19)23-22(24(27)26(20)4)15(3)11-12-25-23;1-5-16-13-17(6-2)23-18(14-16)22-21(15(3)11-12-25-22)24-26(4)19-9-7-8-10-20(19)27(23)24;1-5-16-13-17(6-2)23-20(14-16)26(4)24-21-15(3)11-12-25-22(21)18-9-7-8-10-19(18)27(23)24/h5*7-14H,5-6H2,1-4H3/q5*+1. The molecule has 0 aliphatic heterocycles. The van der Waals surface area contributed by atoms with Gasteiger partial charge in [-0.1, -0.05) is 154 Å². The van der Waals surface area contributed by atoms with Crippen LogP contribution in [0.1, 0.15) is 153 Å². The third-order valence-electron chi connectivity index (χ3n) is 29.7. The molecule has 0 bridgehead atoms. The van der Waals surface area contributed by atoms with Crippen LogP contribution in [0.25, 0.3) is 192 Å². The SMILES string of the molecule is CCc1cc(CC)c2c(c1)c1nccc(C)c1c1n2c2ccccc2[n+]1C.CCc1cc(CC)c2c(c1)n(C)c1c3c(C)ccnc3c3ccccc3[n+]21.CCc1cc2c(cc1CC)[n+](C)c1c3c(C)ccnc3c3ccccc3n21.CCc1ccc2c(c1)n(C)c1c3c(C)ccnc3c3cccc(CC)c3[n+]21.CCc1ccc2c3nccc(C)c3c3n(c2c1)c1c(CC)cccc1[n+]3C. The van der Waals surface area contributed by atoms with E-state index in [1.165, 1.54) is 248 Å². The van der Waals surface area contributed by atoms with Gasteiger partial charge in [-0.05, 0) is 293 Å². The Hall–Kier alpha value is -14.7. The van der Waals surface area contributed by atoms with Gasteiger partial charge < -0.3 is 0 Å². The van der Waals surface area contributed by atoms with Crippen LogP contribution in [0.2, 0.25) is 0 Å². The molecule has 0 spiro atoms. The zero-order valence-electron chi connectivity index (χ0n) is 81.9. The van der Waals surface area contributed by atoms with E-state index in [0.29, 0.717) is 0 Å². The molecule has 0 unspecified atom stereocenters. The topological polar surface area (TPSA) is 107 Å². The molecule has 0 aliphatic rings. The molecule has 15 heterocycles. The van der Waals surface area contributed by atoms with Crippen LogP contribution >= 0.6 is 0 Å². The number of aryl methyl sites for hydroxylation is 20. The molecule has 10 aromatic carbocycles. The monoisotopic (exact) mass is 1770 g/mol. The Balaban J connectivity index is 0.000000101. The van der Waals surface area contributed by atoms with E-state index in [1.54, 1.807) is 0 Å². The smallest absolute Gasteiger partial charge is 0.255 e. The third kappa shape index (κ3) is 13.4. The van der Waals surface area contributed by atoms with Crippen LogP contribution in [0.3, 0.4) is 0 Å². The van der Waals surface area contributed by atoms with Gasteiger partial charge in [0.15, 0.2) is 55.2 Å². The number of pyridine rings is 10. The summed E-state index contributed by atoms with van der Waals surface area (Å²) >= 11 is 0. The Kier molecular flexibility index (Phi) is 22.2. The first kappa shape index (κ1) is 87.0. The quantitative estimate of drug-likeness (QED) is 0.100. The van der Waals surface area contributed by atoms with Gasteiger partial charge in [-0.15, -0.1) is 0 Å². The molecule has 0 N–H and O–H groups in total. The van der Waals surface area contributed by atoms with Crippen molar-refractivity contribution in [1.29, 1.82) is 0 Å². The van der Waals surface area contributed by atoms with Gasteiger partial charge >= 0.3 is 0 Å². The van der Waals surface area contributed by atoms with Gasteiger partial charge in [0.25, 0.3) is 28.2 Å². The first-order valence-corrected chi connectivity index (χ1v) is 48.9. The summed E-state index contributed by atoms with van der Waals surface area (Å²) in [6.07, 6.45) is 20.0. The third-order valence-corrected chi connectivity index (χ3v) is 29.7. The highest BCUT2D eigenvalue weighted by molar-refractivity contribution is 6.17. The second kappa shape index (κ2) is 34.4. The van der Waals surface area contributed by atoms with Crippen molar-refractivity contribution in [2.24, 2.45) is 35.2 Å². The van der Waals surface area contributed by atoms with Crippen LogP contribution < -0.4 is 22.5 Å². The average Bonchev–Trinajstić information content (AvgIpc) is 1.66. The van der Waals surface area contributed by atoms with Crippen molar-refractivity contribution in [3.8, 4) is 0 Å². The van der Waals surface area contributed by atoms with Crippen molar-refractivity contribution in [3.63, 3.8) is 0 Å². The number of benzene rings is 10. The Labute approximate surface area is 787 Å². The predicted molar refractivity (Wildman–Crippen MR) is 562 cm³/mol. The number of rotatable bonds is 10. The van der Waals surface area contributed by atoms with Crippen molar-refractivity contribution in [3.05, 3.63) is 327 Å². The van der Waals surface area contributed by atoms with E-state index in [0.717, 1.165) is 91.8 Å². The molecule has 135 heavy (non-hydrogen) atoms. The predicted octanol–water partition coefficient (Wildman–Crippen LogP) is 25.3. The van der Waals surface area contributed by atoms with Crippen molar-refractivity contribution in [1.82, 2.24) is 47.3 Å². The Bertz CT molecular complexity index is 9220. The van der Waals surface area contributed by atoms with Crippen molar-refractivity contribution >= 4 is 192 Å². The number of aromatic nitrogens is 15. The number of fused-ring (bicyclic) bond motifs is 40. The van der Waals surface area contributed by atoms with Crippen LogP contribution in [0.15, 0.2) is 243 Å². The van der Waals surface area contributed by atoms with Crippen LogP contribution in [-0.2, 0) is 99.4 Å². The number of para-hydroxylation sites is 6. The van der Waals surface area contributed by atoms with E-state index < -0.39 is 0 Å². The van der Waals surface area contributed by atoms with Crippen molar-refractivity contribution in [2.45, 2.75) is 168 Å². The highest BCUT2D eigenvalue weighted by Gasteiger charge is 2.34. The zero-order chi connectivity index (χ0) is 93.5. The normalized spacial score (nSPS) is 12.0. The van der Waals surface area contributed by atoms with Crippen LogP contribution in [-0.4, -0.2) is 47.3 Å². The minimum absolute atomic E-state index is 1.00. The summed E-state index contributed by atoms with van der Waals surface area (Å²) in [6.45, 7) is 33.3. The van der Waals surface area contributed by atoms with E-state index in [2.05, 4.69) is 396 Å². The lowest BCUT2D eigenvalue weighted by Gasteiger charge is -2.11. The first-order valence-electron chi connectivity index (χ1n) is 48.9. The molecule has 0 aliphatic carbocycles. The molecule has 0 atom stereocenters. The van der Waals surface area contributed by atoms with Gasteiger partial charge in [0.2, 0.25) is 0 Å². The van der Waals surface area contributed by atoms with Gasteiger partial charge in [0, 0.05) is 74.6 Å². The molecule has 0 fully saturated rings. The molecule has 25 aromatic rings. The molecule has 15 heteroatoms. The molecule has 25 rings (SSSR count). The second-order valence-corrected chi connectivity index (χ2v) is 37.1. The molecule has 15 nitrogen and oxygen atoms in total. The summed E-state index contributed by atoms with van der Waals surface area (Å²) in [5.41, 5.74) is 51.0. The van der Waals surface area contributed by atoms with E-state index in [4.69, 9.17) is 24.9 Å². The van der Waals surface area contributed by atoms with Gasteiger partial charge in [-0.2, -0.15) is 22.0 Å². The molecule has 0 radical (unpaired) electrons. The van der Waals surface area contributed by atoms with E-state index in [-0.39, 0.29) is 0 Å². The Morgan fingerprint density at radius 2 is 0.644 bits per heavy atom. The second-order valence-electron chi connectivity index (χ2n) is 37.1. The number of hydrogen-bond acceptors (Lipinski definition) is 5. The van der Waals surface area contributed by atoms with Gasteiger partial charge in [0.05, 0.1) is 89.8 Å². The molecular weight excluding hydrogens is 1650 g/mol. The summed E-state index contributed by atoms with van der Waals surface area (Å²) < 4.78 is 24.0. The molecule has 0 saturated carbocycles. The van der Waals surface area contributed by atoms with E-state index in [9.17, 15) is 0 Å². The number of hydrogen-bond donors (Lipinski definition) is 0.